The third kappa shape index (κ3) is 27.0. The summed E-state index contributed by atoms with van der Waals surface area (Å²) in [6.45, 7) is 7.05. The van der Waals surface area contributed by atoms with Gasteiger partial charge in [-0.05, 0) is 46.8 Å². The Morgan fingerprint density at radius 1 is 0.561 bits per heavy atom. The van der Waals surface area contributed by atoms with E-state index in [4.69, 9.17) is 9.47 Å². The zero-order valence-corrected chi connectivity index (χ0v) is 27.7. The molecule has 1 N–H and O–H groups in total. The topological polar surface area (TPSA) is 84.9 Å². The minimum absolute atomic E-state index is 0.00596. The first-order valence-corrected chi connectivity index (χ1v) is 17.0. The minimum atomic E-state index is -0.947. The molecule has 0 fully saturated rings. The Kier molecular flexibility index (Phi) is 26.1. The molecule has 0 saturated carbocycles. The highest BCUT2D eigenvalue weighted by Crippen LogP contribution is 2.14. The first-order valence-electron chi connectivity index (χ1n) is 17.0. The molecular formula is C34H66N2O5. The fraction of sp³-hybridized carbons (Fsp3) is 0.912. The number of nitrogens with zero attached hydrogens (tertiary/aromatic N) is 1. The standard InChI is InChI=1S/C34H66N2O5/c1-6-8-10-12-14-16-18-20-22-26-32(38)40-29-34(3,35-31(37)25-24-28-36(4)5)30-41-33(39)27-23-21-19-17-15-13-11-9-7-2/h6-30H2,1-5H3,(H,35,37). The van der Waals surface area contributed by atoms with Gasteiger partial charge in [0.2, 0.25) is 5.91 Å². The molecule has 41 heavy (non-hydrogen) atoms. The highest BCUT2D eigenvalue weighted by molar-refractivity contribution is 5.77. The first-order chi connectivity index (χ1) is 19.7. The predicted molar refractivity (Wildman–Crippen MR) is 170 cm³/mol. The van der Waals surface area contributed by atoms with Gasteiger partial charge in [-0.25, -0.2) is 0 Å². The van der Waals surface area contributed by atoms with Crippen LogP contribution in [0, 0.1) is 0 Å². The van der Waals surface area contributed by atoms with Gasteiger partial charge in [0, 0.05) is 19.3 Å². The Balaban J connectivity index is 4.45. The average Bonchev–Trinajstić information content (AvgIpc) is 2.93. The van der Waals surface area contributed by atoms with Gasteiger partial charge in [-0.1, -0.05) is 117 Å². The van der Waals surface area contributed by atoms with Crippen molar-refractivity contribution in [2.75, 3.05) is 33.9 Å². The SMILES string of the molecule is CCCCCCCCCCCC(=O)OCC(C)(COC(=O)CCCCCCCCCCC)NC(=O)CCCN(C)C. The van der Waals surface area contributed by atoms with Crippen LogP contribution in [-0.2, 0) is 23.9 Å². The van der Waals surface area contributed by atoms with E-state index in [-0.39, 0.29) is 31.1 Å². The fourth-order valence-electron chi connectivity index (χ4n) is 4.85. The van der Waals surface area contributed by atoms with Gasteiger partial charge in [0.15, 0.2) is 0 Å². The maximum Gasteiger partial charge on any atom is 0.305 e. The van der Waals surface area contributed by atoms with Gasteiger partial charge in [0.1, 0.15) is 18.8 Å². The fourth-order valence-corrected chi connectivity index (χ4v) is 4.85. The van der Waals surface area contributed by atoms with Crippen molar-refractivity contribution in [3.63, 3.8) is 0 Å². The number of unbranched alkanes of at least 4 members (excludes halogenated alkanes) is 16. The van der Waals surface area contributed by atoms with Crippen molar-refractivity contribution in [2.24, 2.45) is 0 Å². The number of rotatable bonds is 29. The lowest BCUT2D eigenvalue weighted by Crippen LogP contribution is -2.53. The summed E-state index contributed by atoms with van der Waals surface area (Å²) < 4.78 is 11.1. The van der Waals surface area contributed by atoms with Crippen molar-refractivity contribution >= 4 is 17.8 Å². The smallest absolute Gasteiger partial charge is 0.305 e. The summed E-state index contributed by atoms with van der Waals surface area (Å²) in [7, 11) is 3.95. The molecule has 7 nitrogen and oxygen atoms in total. The van der Waals surface area contributed by atoms with Gasteiger partial charge < -0.3 is 19.7 Å². The summed E-state index contributed by atoms with van der Waals surface area (Å²) in [6, 6.07) is 0. The third-order valence-corrected chi connectivity index (χ3v) is 7.52. The number of nitrogens with one attached hydrogen (secondary N) is 1. The normalized spacial score (nSPS) is 11.6. The zero-order chi connectivity index (χ0) is 30.6. The largest absolute Gasteiger partial charge is 0.463 e. The van der Waals surface area contributed by atoms with Gasteiger partial charge in [0.05, 0.1) is 0 Å². The summed E-state index contributed by atoms with van der Waals surface area (Å²) in [4.78, 5) is 39.5. The van der Waals surface area contributed by atoms with E-state index in [0.29, 0.717) is 19.3 Å². The molecule has 0 aliphatic heterocycles. The van der Waals surface area contributed by atoms with Gasteiger partial charge in [-0.15, -0.1) is 0 Å². The van der Waals surface area contributed by atoms with Crippen LogP contribution in [0.25, 0.3) is 0 Å². The van der Waals surface area contributed by atoms with Crippen molar-refractivity contribution in [3.05, 3.63) is 0 Å². The Morgan fingerprint density at radius 3 is 1.29 bits per heavy atom. The summed E-state index contributed by atoms with van der Waals surface area (Å²) in [5.74, 6) is -0.650. The number of amides is 1. The van der Waals surface area contributed by atoms with Crippen LogP contribution in [0.3, 0.4) is 0 Å². The average molecular weight is 583 g/mol. The molecule has 0 unspecified atom stereocenters. The molecule has 0 aromatic heterocycles. The molecule has 0 spiro atoms. The van der Waals surface area contributed by atoms with E-state index in [1.54, 1.807) is 6.92 Å². The Hall–Kier alpha value is -1.63. The van der Waals surface area contributed by atoms with Crippen molar-refractivity contribution in [1.82, 2.24) is 10.2 Å². The zero-order valence-electron chi connectivity index (χ0n) is 27.7. The number of carbonyl (C=O) groups excluding carboxylic acids is 3. The summed E-state index contributed by atoms with van der Waals surface area (Å²) in [5.41, 5.74) is -0.947. The van der Waals surface area contributed by atoms with Crippen LogP contribution in [-0.4, -0.2) is 62.1 Å². The highest BCUT2D eigenvalue weighted by atomic mass is 16.5. The lowest BCUT2D eigenvalue weighted by molar-refractivity contribution is -0.152. The maximum atomic E-state index is 12.6. The molecule has 0 heterocycles. The minimum Gasteiger partial charge on any atom is -0.463 e. The molecule has 0 saturated heterocycles. The van der Waals surface area contributed by atoms with Crippen LogP contribution in [0.4, 0.5) is 0 Å². The summed E-state index contributed by atoms with van der Waals surface area (Å²) in [5, 5.41) is 2.98. The molecule has 7 heteroatoms. The predicted octanol–water partition coefficient (Wildman–Crippen LogP) is 8.13. The molecule has 1 amide bonds. The number of hydrogen-bond acceptors (Lipinski definition) is 6. The van der Waals surface area contributed by atoms with E-state index in [0.717, 1.165) is 51.5 Å². The number of carbonyl (C=O) groups is 3. The number of esters is 2. The Labute approximate surface area is 253 Å². The molecular weight excluding hydrogens is 516 g/mol. The van der Waals surface area contributed by atoms with Crippen molar-refractivity contribution in [3.8, 4) is 0 Å². The van der Waals surface area contributed by atoms with Crippen LogP contribution < -0.4 is 5.32 Å². The number of ether oxygens (including phenoxy) is 2. The molecule has 0 aromatic carbocycles. The molecule has 242 valence electrons. The second-order valence-corrected chi connectivity index (χ2v) is 12.5. The second-order valence-electron chi connectivity index (χ2n) is 12.5. The van der Waals surface area contributed by atoms with Crippen LogP contribution in [0.2, 0.25) is 0 Å². The summed E-state index contributed by atoms with van der Waals surface area (Å²) in [6.07, 6.45) is 23.2. The van der Waals surface area contributed by atoms with E-state index >= 15 is 0 Å². The van der Waals surface area contributed by atoms with Gasteiger partial charge in [-0.3, -0.25) is 14.4 Å². The van der Waals surface area contributed by atoms with Crippen LogP contribution in [0.1, 0.15) is 162 Å². The highest BCUT2D eigenvalue weighted by Gasteiger charge is 2.30. The van der Waals surface area contributed by atoms with E-state index in [1.165, 1.54) is 77.0 Å². The molecule has 0 bridgehead atoms. The van der Waals surface area contributed by atoms with E-state index in [9.17, 15) is 14.4 Å². The molecule has 0 radical (unpaired) electrons. The number of hydrogen-bond donors (Lipinski definition) is 1. The first kappa shape index (κ1) is 39.4. The molecule has 0 atom stereocenters. The Bertz CT molecular complexity index is 615. The van der Waals surface area contributed by atoms with Crippen molar-refractivity contribution in [2.45, 2.75) is 168 Å². The van der Waals surface area contributed by atoms with E-state index < -0.39 is 5.54 Å². The molecule has 0 aliphatic rings. The quantitative estimate of drug-likeness (QED) is 0.0708. The van der Waals surface area contributed by atoms with E-state index in [2.05, 4.69) is 19.2 Å². The van der Waals surface area contributed by atoms with Crippen LogP contribution in [0.5, 0.6) is 0 Å². The molecule has 0 aliphatic carbocycles. The van der Waals surface area contributed by atoms with Gasteiger partial charge >= 0.3 is 11.9 Å². The van der Waals surface area contributed by atoms with Crippen molar-refractivity contribution in [1.29, 1.82) is 0 Å². The lowest BCUT2D eigenvalue weighted by Gasteiger charge is -2.30. The lowest BCUT2D eigenvalue weighted by atomic mass is 10.0. The second kappa shape index (κ2) is 27.2. The Morgan fingerprint density at radius 2 is 0.927 bits per heavy atom. The van der Waals surface area contributed by atoms with Crippen molar-refractivity contribution < 1.29 is 23.9 Å². The maximum absolute atomic E-state index is 12.6. The van der Waals surface area contributed by atoms with Gasteiger partial charge in [-0.2, -0.15) is 0 Å². The molecule has 0 rings (SSSR count). The summed E-state index contributed by atoms with van der Waals surface area (Å²) >= 11 is 0. The van der Waals surface area contributed by atoms with E-state index in [1.807, 2.05) is 19.0 Å². The molecule has 0 aromatic rings. The van der Waals surface area contributed by atoms with Crippen LogP contribution in [0.15, 0.2) is 0 Å². The monoisotopic (exact) mass is 582 g/mol. The van der Waals surface area contributed by atoms with Gasteiger partial charge in [0.25, 0.3) is 0 Å². The third-order valence-electron chi connectivity index (χ3n) is 7.52. The van der Waals surface area contributed by atoms with Crippen LogP contribution >= 0.6 is 0 Å².